The topological polar surface area (TPSA) is 56.4 Å². The summed E-state index contributed by atoms with van der Waals surface area (Å²) in [6.45, 7) is 0.947. The number of fused-ring (bicyclic) bond motifs is 1. The number of hydrogen-bond acceptors (Lipinski definition) is 3. The van der Waals surface area contributed by atoms with Crippen LogP contribution in [0.1, 0.15) is 15.9 Å². The molecule has 1 N–H and O–H groups in total. The third-order valence-electron chi connectivity index (χ3n) is 3.51. The van der Waals surface area contributed by atoms with Gasteiger partial charge in [0, 0.05) is 41.3 Å². The molecule has 0 bridgehead atoms. The zero-order chi connectivity index (χ0) is 16.4. The number of aromatic amines is 1. The van der Waals surface area contributed by atoms with Gasteiger partial charge in [-0.05, 0) is 60.8 Å². The molecule has 0 fully saturated rings. The molecule has 1 amide bonds. The first-order valence-electron chi connectivity index (χ1n) is 7.01. The van der Waals surface area contributed by atoms with E-state index in [0.29, 0.717) is 5.39 Å². The highest BCUT2D eigenvalue weighted by atomic mass is 127. The number of amides is 1. The van der Waals surface area contributed by atoms with E-state index < -0.39 is 0 Å². The molecule has 0 unspecified atom stereocenters. The fourth-order valence-electron chi connectivity index (χ4n) is 2.22. The number of nitrogens with one attached hydrogen (secondary N) is 1. The molecular weight excluding hydrogens is 393 g/mol. The van der Waals surface area contributed by atoms with Gasteiger partial charge in [0.05, 0.1) is 0 Å². The van der Waals surface area contributed by atoms with E-state index in [9.17, 15) is 9.59 Å². The number of pyridine rings is 1. The Bertz CT molecular complexity index is 766. The average molecular weight is 413 g/mol. The third kappa shape index (κ3) is 3.49. The quantitative estimate of drug-likeness (QED) is 0.780. The van der Waals surface area contributed by atoms with Crippen molar-refractivity contribution in [3.8, 4) is 0 Å². The highest BCUT2D eigenvalue weighted by Crippen LogP contribution is 2.19. The Hall–Kier alpha value is -1.41. The molecule has 0 aliphatic carbocycles. The van der Waals surface area contributed by atoms with E-state index in [2.05, 4.69) is 32.5 Å². The van der Waals surface area contributed by atoms with E-state index in [1.54, 1.807) is 14.1 Å². The van der Waals surface area contributed by atoms with Crippen LogP contribution in [0.4, 0.5) is 0 Å². The van der Waals surface area contributed by atoms with Gasteiger partial charge >= 0.3 is 0 Å². The molecule has 2 rings (SSSR count). The van der Waals surface area contributed by atoms with Gasteiger partial charge in [-0.1, -0.05) is 0 Å². The van der Waals surface area contributed by atoms with Crippen molar-refractivity contribution in [1.82, 2.24) is 14.8 Å². The second-order valence-electron chi connectivity index (χ2n) is 5.77. The van der Waals surface area contributed by atoms with Gasteiger partial charge < -0.3 is 14.8 Å². The maximum atomic E-state index is 12.5. The minimum atomic E-state index is -0.283. The maximum Gasteiger partial charge on any atom is 0.258 e. The smallest absolute Gasteiger partial charge is 0.258 e. The Balaban J connectivity index is 2.51. The first-order valence-corrected chi connectivity index (χ1v) is 8.09. The molecule has 118 valence electrons. The maximum absolute atomic E-state index is 12.5. The molecule has 0 aliphatic heterocycles. The molecule has 1 aromatic carbocycles. The van der Waals surface area contributed by atoms with Crippen molar-refractivity contribution < 1.29 is 4.79 Å². The number of H-pyrrole nitrogens is 1. The fraction of sp³-hybridized carbons (Fsp3) is 0.375. The Morgan fingerprint density at radius 3 is 2.50 bits per heavy atom. The van der Waals surface area contributed by atoms with E-state index in [1.807, 2.05) is 26.2 Å². The van der Waals surface area contributed by atoms with Crippen LogP contribution in [0.5, 0.6) is 0 Å². The van der Waals surface area contributed by atoms with E-state index in [-0.39, 0.29) is 16.9 Å². The lowest BCUT2D eigenvalue weighted by molar-refractivity contribution is 0.0826. The van der Waals surface area contributed by atoms with Crippen LogP contribution >= 0.6 is 22.6 Å². The van der Waals surface area contributed by atoms with Gasteiger partial charge in [0.15, 0.2) is 0 Å². The van der Waals surface area contributed by atoms with Crippen molar-refractivity contribution >= 4 is 39.4 Å². The van der Waals surface area contributed by atoms with Crippen LogP contribution in [0, 0.1) is 3.57 Å². The van der Waals surface area contributed by atoms with Crippen LogP contribution in [0.15, 0.2) is 23.1 Å². The van der Waals surface area contributed by atoms with Gasteiger partial charge in [0.25, 0.3) is 5.91 Å². The van der Waals surface area contributed by atoms with Gasteiger partial charge in [0.2, 0.25) is 5.43 Å². The molecule has 2 aromatic rings. The van der Waals surface area contributed by atoms with Crippen molar-refractivity contribution in [3.63, 3.8) is 0 Å². The van der Waals surface area contributed by atoms with Gasteiger partial charge in [0.1, 0.15) is 5.56 Å². The number of nitrogens with zero attached hydrogens (tertiary/aromatic N) is 2. The lowest BCUT2D eigenvalue weighted by Gasteiger charge is -2.13. The number of carbonyl (C=O) groups excluding carboxylic acids is 1. The van der Waals surface area contributed by atoms with Crippen LogP contribution in [0.2, 0.25) is 0 Å². The molecular formula is C16H20IN3O2. The second-order valence-corrected chi connectivity index (χ2v) is 6.94. The summed E-state index contributed by atoms with van der Waals surface area (Å²) in [4.78, 5) is 31.2. The summed E-state index contributed by atoms with van der Waals surface area (Å²) in [5.74, 6) is -0.283. The Kier molecular flexibility index (Phi) is 5.23. The minimum absolute atomic E-state index is 0.175. The summed E-state index contributed by atoms with van der Waals surface area (Å²) in [5, 5.41) is 0.561. The Labute approximate surface area is 143 Å². The summed E-state index contributed by atoms with van der Waals surface area (Å²) >= 11 is 2.25. The number of aromatic nitrogens is 1. The number of rotatable bonds is 4. The Morgan fingerprint density at radius 1 is 1.23 bits per heavy atom. The molecule has 1 aromatic heterocycles. The zero-order valence-corrected chi connectivity index (χ0v) is 15.4. The fourth-order valence-corrected chi connectivity index (χ4v) is 2.96. The summed E-state index contributed by atoms with van der Waals surface area (Å²) in [6, 6.07) is 3.87. The van der Waals surface area contributed by atoms with E-state index in [1.165, 1.54) is 16.7 Å². The molecule has 0 saturated heterocycles. The summed E-state index contributed by atoms with van der Waals surface area (Å²) < 4.78 is 1.05. The number of benzene rings is 1. The van der Waals surface area contributed by atoms with Crippen molar-refractivity contribution in [3.05, 3.63) is 43.2 Å². The molecule has 0 saturated carbocycles. The summed E-state index contributed by atoms with van der Waals surface area (Å²) in [7, 11) is 7.35. The van der Waals surface area contributed by atoms with Gasteiger partial charge in [-0.2, -0.15) is 0 Å². The third-order valence-corrected chi connectivity index (χ3v) is 4.52. The van der Waals surface area contributed by atoms with Gasteiger partial charge in [-0.25, -0.2) is 0 Å². The standard InChI is InChI=1S/C16H20IN3O2/c1-19(2)6-5-10-7-14-11(8-13(10)17)15(21)12(9-18-14)16(22)20(3)4/h7-9H,5-6H2,1-4H3,(H,18,21). The molecule has 0 atom stereocenters. The van der Waals surface area contributed by atoms with Crippen LogP contribution in [0.25, 0.3) is 10.9 Å². The molecule has 5 nitrogen and oxygen atoms in total. The SMILES string of the molecule is CN(C)CCc1cc2[nH]cc(C(=O)N(C)C)c(=O)c2cc1I. The first-order chi connectivity index (χ1) is 10.3. The lowest BCUT2D eigenvalue weighted by atomic mass is 10.1. The van der Waals surface area contributed by atoms with Crippen molar-refractivity contribution in [2.24, 2.45) is 0 Å². The van der Waals surface area contributed by atoms with Crippen LogP contribution < -0.4 is 5.43 Å². The largest absolute Gasteiger partial charge is 0.360 e. The van der Waals surface area contributed by atoms with Crippen molar-refractivity contribution in [2.45, 2.75) is 6.42 Å². The number of carbonyl (C=O) groups is 1. The van der Waals surface area contributed by atoms with E-state index in [0.717, 1.165) is 22.1 Å². The van der Waals surface area contributed by atoms with Crippen LogP contribution in [-0.4, -0.2) is 55.4 Å². The van der Waals surface area contributed by atoms with Crippen molar-refractivity contribution in [2.75, 3.05) is 34.7 Å². The van der Waals surface area contributed by atoms with Gasteiger partial charge in [-0.3, -0.25) is 9.59 Å². The minimum Gasteiger partial charge on any atom is -0.360 e. The lowest BCUT2D eigenvalue weighted by Crippen LogP contribution is -2.27. The van der Waals surface area contributed by atoms with Gasteiger partial charge in [-0.15, -0.1) is 0 Å². The molecule has 22 heavy (non-hydrogen) atoms. The molecule has 0 radical (unpaired) electrons. The Morgan fingerprint density at radius 2 is 1.91 bits per heavy atom. The number of likely N-dealkylation sites (N-methyl/N-ethyl adjacent to an activating group) is 1. The molecule has 0 aliphatic rings. The highest BCUT2D eigenvalue weighted by molar-refractivity contribution is 14.1. The first kappa shape index (κ1) is 17.0. The zero-order valence-electron chi connectivity index (χ0n) is 13.2. The van der Waals surface area contributed by atoms with E-state index in [4.69, 9.17) is 0 Å². The monoisotopic (exact) mass is 413 g/mol. The number of halogens is 1. The molecule has 1 heterocycles. The molecule has 0 spiro atoms. The predicted molar refractivity (Wildman–Crippen MR) is 97.6 cm³/mol. The van der Waals surface area contributed by atoms with E-state index >= 15 is 0 Å². The molecule has 6 heteroatoms. The summed E-state index contributed by atoms with van der Waals surface area (Å²) in [6.07, 6.45) is 2.43. The van der Waals surface area contributed by atoms with Crippen LogP contribution in [0.3, 0.4) is 0 Å². The van der Waals surface area contributed by atoms with Crippen LogP contribution in [-0.2, 0) is 6.42 Å². The number of hydrogen-bond donors (Lipinski definition) is 1. The average Bonchev–Trinajstić information content (AvgIpc) is 2.45. The van der Waals surface area contributed by atoms with Crippen molar-refractivity contribution in [1.29, 1.82) is 0 Å². The predicted octanol–water partition coefficient (Wildman–Crippen LogP) is 1.94. The summed E-state index contributed by atoms with van der Waals surface area (Å²) in [5.41, 5.74) is 1.93. The highest BCUT2D eigenvalue weighted by Gasteiger charge is 2.15. The second kappa shape index (κ2) is 6.78. The normalized spacial score (nSPS) is 11.2.